The Hall–Kier alpha value is -2.28. The smallest absolute Gasteiger partial charge is 0.336 e. The van der Waals surface area contributed by atoms with Crippen LogP contribution in [-0.4, -0.2) is 40.5 Å². The zero-order valence-corrected chi connectivity index (χ0v) is 15.0. The number of nitrogens with zero attached hydrogens (tertiary/aromatic N) is 3. The highest BCUT2D eigenvalue weighted by Crippen LogP contribution is 2.28. The van der Waals surface area contributed by atoms with E-state index in [2.05, 4.69) is 10.1 Å². The monoisotopic (exact) mass is 361 g/mol. The Morgan fingerprint density at radius 3 is 2.81 bits per heavy atom. The molecule has 1 aliphatic rings. The van der Waals surface area contributed by atoms with E-state index in [0.717, 1.165) is 32.1 Å². The number of hydrogen-bond acceptors (Lipinski definition) is 5. The van der Waals surface area contributed by atoms with Gasteiger partial charge in [0.15, 0.2) is 5.82 Å². The molecule has 0 spiro atoms. The Labute approximate surface area is 152 Å². The molecule has 3 rings (SSSR count). The number of rotatable bonds is 7. The molecule has 1 aliphatic carbocycles. The van der Waals surface area contributed by atoms with Crippen LogP contribution in [0.5, 0.6) is 6.01 Å². The summed E-state index contributed by atoms with van der Waals surface area (Å²) >= 11 is 0. The summed E-state index contributed by atoms with van der Waals surface area (Å²) in [4.78, 5) is 17.3. The van der Waals surface area contributed by atoms with Crippen molar-refractivity contribution < 1.29 is 18.7 Å². The number of carbonyl (C=O) groups is 1. The number of ether oxygens (including phenoxy) is 2. The second kappa shape index (κ2) is 8.89. The maximum Gasteiger partial charge on any atom is 0.336 e. The summed E-state index contributed by atoms with van der Waals surface area (Å²) < 4.78 is 25.7. The Bertz CT molecular complexity index is 741. The fraction of sp³-hybridized carbons (Fsp3) is 0.526. The van der Waals surface area contributed by atoms with Crippen molar-refractivity contribution in [2.75, 3.05) is 19.8 Å². The molecule has 1 heterocycles. The van der Waals surface area contributed by atoms with Gasteiger partial charge in [-0.2, -0.15) is 9.67 Å². The lowest BCUT2D eigenvalue weighted by atomic mass is 9.88. The summed E-state index contributed by atoms with van der Waals surface area (Å²) in [5, 5.41) is 4.24. The van der Waals surface area contributed by atoms with Gasteiger partial charge in [0.05, 0.1) is 6.61 Å². The third kappa shape index (κ3) is 4.46. The zero-order valence-electron chi connectivity index (χ0n) is 15.0. The molecule has 0 saturated heterocycles. The maximum atomic E-state index is 13.6. The minimum atomic E-state index is -0.388. The van der Waals surface area contributed by atoms with E-state index in [4.69, 9.17) is 9.47 Å². The second-order valence-electron chi connectivity index (χ2n) is 6.36. The fourth-order valence-electron chi connectivity index (χ4n) is 3.18. The summed E-state index contributed by atoms with van der Waals surface area (Å²) in [5.41, 5.74) is 0.501. The molecule has 6 nitrogen and oxygen atoms in total. The molecule has 0 amide bonds. The van der Waals surface area contributed by atoms with Crippen molar-refractivity contribution in [1.82, 2.24) is 14.8 Å². The van der Waals surface area contributed by atoms with Gasteiger partial charge in [-0.25, -0.2) is 4.39 Å². The number of halogens is 1. The van der Waals surface area contributed by atoms with Gasteiger partial charge in [-0.3, -0.25) is 4.79 Å². The van der Waals surface area contributed by atoms with Crippen molar-refractivity contribution >= 4 is 5.91 Å². The van der Waals surface area contributed by atoms with E-state index in [9.17, 15) is 9.18 Å². The molecule has 0 aliphatic heterocycles. The average molecular weight is 361 g/mol. The van der Waals surface area contributed by atoms with Crippen molar-refractivity contribution in [1.29, 1.82) is 0 Å². The Morgan fingerprint density at radius 1 is 1.27 bits per heavy atom. The van der Waals surface area contributed by atoms with Gasteiger partial charge in [0.25, 0.3) is 5.91 Å². The minimum Gasteiger partial charge on any atom is -0.460 e. The van der Waals surface area contributed by atoms with Gasteiger partial charge >= 0.3 is 6.01 Å². The summed E-state index contributed by atoms with van der Waals surface area (Å²) in [5.74, 6) is -0.252. The van der Waals surface area contributed by atoms with Crippen molar-refractivity contribution in [3.8, 4) is 17.4 Å². The van der Waals surface area contributed by atoms with Crippen LogP contribution in [0.15, 0.2) is 24.3 Å². The van der Waals surface area contributed by atoms with Gasteiger partial charge in [0.1, 0.15) is 12.4 Å². The van der Waals surface area contributed by atoms with Gasteiger partial charge in [-0.15, -0.1) is 5.10 Å². The van der Waals surface area contributed by atoms with Crippen LogP contribution in [0.25, 0.3) is 11.4 Å². The normalized spacial score (nSPS) is 15.2. The highest BCUT2D eigenvalue weighted by Gasteiger charge is 2.27. The Morgan fingerprint density at radius 2 is 2.08 bits per heavy atom. The first kappa shape index (κ1) is 18.5. The molecule has 7 heteroatoms. The molecular weight excluding hydrogens is 337 g/mol. The van der Waals surface area contributed by atoms with E-state index in [1.54, 1.807) is 12.1 Å². The van der Waals surface area contributed by atoms with Crippen molar-refractivity contribution in [2.45, 2.75) is 39.0 Å². The molecule has 0 radical (unpaired) electrons. The molecule has 0 N–H and O–H groups in total. The lowest BCUT2D eigenvalue weighted by Gasteiger charge is -2.20. The lowest BCUT2D eigenvalue weighted by Crippen LogP contribution is -2.25. The fourth-order valence-corrected chi connectivity index (χ4v) is 3.18. The van der Waals surface area contributed by atoms with Crippen LogP contribution in [0.1, 0.15) is 43.8 Å². The quantitative estimate of drug-likeness (QED) is 0.703. The third-order valence-electron chi connectivity index (χ3n) is 4.50. The van der Waals surface area contributed by atoms with E-state index >= 15 is 0 Å². The van der Waals surface area contributed by atoms with Crippen LogP contribution in [0.3, 0.4) is 0 Å². The van der Waals surface area contributed by atoms with Crippen LogP contribution >= 0.6 is 0 Å². The van der Waals surface area contributed by atoms with Crippen LogP contribution in [0.2, 0.25) is 0 Å². The van der Waals surface area contributed by atoms with Gasteiger partial charge in [0, 0.05) is 18.1 Å². The van der Waals surface area contributed by atoms with Crippen LogP contribution in [0.4, 0.5) is 4.39 Å². The summed E-state index contributed by atoms with van der Waals surface area (Å²) in [7, 11) is 0. The van der Waals surface area contributed by atoms with Crippen molar-refractivity contribution in [3.05, 3.63) is 30.1 Å². The first-order chi connectivity index (χ1) is 12.7. The highest BCUT2D eigenvalue weighted by molar-refractivity contribution is 5.84. The highest BCUT2D eigenvalue weighted by atomic mass is 19.1. The van der Waals surface area contributed by atoms with E-state index in [0.29, 0.717) is 24.6 Å². The Kier molecular flexibility index (Phi) is 6.33. The van der Waals surface area contributed by atoms with Gasteiger partial charge in [-0.1, -0.05) is 31.4 Å². The van der Waals surface area contributed by atoms with Crippen LogP contribution < -0.4 is 4.74 Å². The molecule has 2 aromatic rings. The lowest BCUT2D eigenvalue weighted by molar-refractivity contribution is 0.0781. The molecule has 0 unspecified atom stereocenters. The number of hydrogen-bond donors (Lipinski definition) is 0. The molecule has 1 aromatic carbocycles. The van der Waals surface area contributed by atoms with Crippen molar-refractivity contribution in [2.24, 2.45) is 5.92 Å². The average Bonchev–Trinajstić information content (AvgIpc) is 3.09. The third-order valence-corrected chi connectivity index (χ3v) is 4.50. The summed E-state index contributed by atoms with van der Waals surface area (Å²) in [6.45, 7) is 3.20. The minimum absolute atomic E-state index is 0.0750. The summed E-state index contributed by atoms with van der Waals surface area (Å²) in [6, 6.07) is 6.10. The molecule has 0 bridgehead atoms. The van der Waals surface area contributed by atoms with Crippen LogP contribution in [0, 0.1) is 11.7 Å². The molecular formula is C19H24FN3O3. The molecule has 1 saturated carbocycles. The van der Waals surface area contributed by atoms with E-state index in [1.165, 1.54) is 16.8 Å². The summed E-state index contributed by atoms with van der Waals surface area (Å²) in [6.07, 6.45) is 4.93. The predicted octanol–water partition coefficient (Wildman–Crippen LogP) is 3.72. The van der Waals surface area contributed by atoms with E-state index in [-0.39, 0.29) is 30.3 Å². The SMILES string of the molecule is CCOCCOc1nc(-c2cccc(F)c2)n(C(=O)C2CCCCC2)n1. The molecule has 140 valence electrons. The molecule has 26 heavy (non-hydrogen) atoms. The zero-order chi connectivity index (χ0) is 18.4. The second-order valence-corrected chi connectivity index (χ2v) is 6.36. The van der Waals surface area contributed by atoms with Gasteiger partial charge < -0.3 is 9.47 Å². The van der Waals surface area contributed by atoms with E-state index in [1.807, 2.05) is 6.92 Å². The van der Waals surface area contributed by atoms with Gasteiger partial charge in [0.2, 0.25) is 0 Å². The first-order valence-corrected chi connectivity index (χ1v) is 9.16. The molecule has 1 aromatic heterocycles. The van der Waals surface area contributed by atoms with Gasteiger partial charge in [-0.05, 0) is 31.9 Å². The largest absolute Gasteiger partial charge is 0.460 e. The number of carbonyl (C=O) groups excluding carboxylic acids is 1. The maximum absolute atomic E-state index is 13.6. The number of benzene rings is 1. The predicted molar refractivity (Wildman–Crippen MR) is 94.6 cm³/mol. The molecule has 0 atom stereocenters. The van der Waals surface area contributed by atoms with Crippen molar-refractivity contribution in [3.63, 3.8) is 0 Å². The molecule has 1 fully saturated rings. The Balaban J connectivity index is 1.86. The topological polar surface area (TPSA) is 66.2 Å². The standard InChI is InChI=1S/C19H24FN3O3/c1-2-25-11-12-26-19-21-17(15-9-6-10-16(20)13-15)23(22-19)18(24)14-7-4-3-5-8-14/h6,9-10,13-14H,2-5,7-8,11-12H2,1H3. The van der Waals surface area contributed by atoms with Crippen LogP contribution in [-0.2, 0) is 4.74 Å². The first-order valence-electron chi connectivity index (χ1n) is 9.16. The van der Waals surface area contributed by atoms with E-state index < -0.39 is 0 Å². The number of aromatic nitrogens is 3.